The number of nitrogens with zero attached hydrogens (tertiary/aromatic N) is 1. The number of furan rings is 1. The van der Waals surface area contributed by atoms with Gasteiger partial charge in [0.15, 0.2) is 0 Å². The highest BCUT2D eigenvalue weighted by Gasteiger charge is 2.31. The molecule has 0 aliphatic rings. The average Bonchev–Trinajstić information content (AvgIpc) is 3.26. The zero-order valence-corrected chi connectivity index (χ0v) is 16.9. The average molecular weight is 364 g/mol. The Morgan fingerprint density at radius 2 is 1.84 bits per heavy atom. The maximum Gasteiger partial charge on any atom is 0.135 e. The lowest BCUT2D eigenvalue weighted by Gasteiger charge is -2.27. The van der Waals surface area contributed by atoms with Crippen molar-refractivity contribution in [3.05, 3.63) is 46.0 Å². The van der Waals surface area contributed by atoms with Crippen molar-refractivity contribution in [1.29, 1.82) is 0 Å². The predicted molar refractivity (Wildman–Crippen MR) is 106 cm³/mol. The normalized spacial score (nSPS) is 13.5. The van der Waals surface area contributed by atoms with Gasteiger partial charge >= 0.3 is 0 Å². The number of hydrogen-bond acceptors (Lipinski definition) is 4. The van der Waals surface area contributed by atoms with Gasteiger partial charge in [-0.05, 0) is 49.8 Å². The Balaban J connectivity index is 2.13. The molecule has 2 rings (SSSR count). The number of aliphatic hydroxyl groups is 1. The van der Waals surface area contributed by atoms with Gasteiger partial charge in [-0.15, -0.1) is 11.3 Å². The van der Waals surface area contributed by atoms with Crippen LogP contribution in [0.3, 0.4) is 0 Å². The molecular formula is C21H33NO2S. The summed E-state index contributed by atoms with van der Waals surface area (Å²) in [6.07, 6.45) is 4.50. The Kier molecular flexibility index (Phi) is 7.73. The number of thiophene rings is 1. The molecule has 0 spiro atoms. The van der Waals surface area contributed by atoms with Gasteiger partial charge in [0.1, 0.15) is 17.1 Å². The second kappa shape index (κ2) is 9.56. The third kappa shape index (κ3) is 5.44. The van der Waals surface area contributed by atoms with E-state index in [0.717, 1.165) is 56.7 Å². The minimum Gasteiger partial charge on any atom is -0.462 e. The summed E-state index contributed by atoms with van der Waals surface area (Å²) in [5.74, 6) is 1.67. The van der Waals surface area contributed by atoms with Crippen LogP contribution in [0.1, 0.15) is 76.2 Å². The van der Waals surface area contributed by atoms with Crippen molar-refractivity contribution in [3.63, 3.8) is 0 Å². The van der Waals surface area contributed by atoms with Gasteiger partial charge in [0.25, 0.3) is 0 Å². The number of hydrogen-bond donors (Lipinski definition) is 1. The van der Waals surface area contributed by atoms with Crippen molar-refractivity contribution >= 4 is 11.3 Å². The molecular weight excluding hydrogens is 330 g/mol. The van der Waals surface area contributed by atoms with E-state index in [0.29, 0.717) is 6.04 Å². The van der Waals surface area contributed by atoms with Crippen LogP contribution in [0.5, 0.6) is 0 Å². The maximum atomic E-state index is 11.0. The molecule has 4 heteroatoms. The van der Waals surface area contributed by atoms with E-state index in [4.69, 9.17) is 4.42 Å². The first-order chi connectivity index (χ1) is 12.0. The Hall–Kier alpha value is -1.10. The Morgan fingerprint density at radius 3 is 2.40 bits per heavy atom. The molecule has 2 heterocycles. The molecule has 0 aliphatic heterocycles. The monoisotopic (exact) mass is 363 g/mol. The molecule has 0 saturated heterocycles. The molecule has 1 N–H and O–H groups in total. The summed E-state index contributed by atoms with van der Waals surface area (Å²) in [6, 6.07) is 8.79. The lowest BCUT2D eigenvalue weighted by Crippen LogP contribution is -2.31. The molecule has 0 aromatic carbocycles. The van der Waals surface area contributed by atoms with E-state index in [1.165, 1.54) is 4.88 Å². The molecule has 0 saturated carbocycles. The smallest absolute Gasteiger partial charge is 0.135 e. The van der Waals surface area contributed by atoms with Crippen LogP contribution >= 0.6 is 11.3 Å². The molecule has 0 fully saturated rings. The topological polar surface area (TPSA) is 36.6 Å². The molecule has 2 aromatic rings. The summed E-state index contributed by atoms with van der Waals surface area (Å²) in [6.45, 7) is 10.4. The van der Waals surface area contributed by atoms with Crippen LogP contribution in [0.2, 0.25) is 0 Å². The van der Waals surface area contributed by atoms with Gasteiger partial charge in [0, 0.05) is 17.5 Å². The van der Waals surface area contributed by atoms with Gasteiger partial charge in [0.2, 0.25) is 0 Å². The predicted octanol–water partition coefficient (Wildman–Crippen LogP) is 5.93. The number of rotatable bonds is 11. The van der Waals surface area contributed by atoms with Gasteiger partial charge in [-0.3, -0.25) is 4.90 Å². The lowest BCUT2D eigenvalue weighted by atomic mass is 9.90. The maximum absolute atomic E-state index is 11.0. The van der Waals surface area contributed by atoms with Crippen LogP contribution in [0, 0.1) is 0 Å². The Bertz CT molecular complexity index is 599. The van der Waals surface area contributed by atoms with Crippen molar-refractivity contribution in [2.75, 3.05) is 0 Å². The van der Waals surface area contributed by atoms with Crippen molar-refractivity contribution in [2.24, 2.45) is 0 Å². The summed E-state index contributed by atoms with van der Waals surface area (Å²) in [7, 11) is 0. The Morgan fingerprint density at radius 1 is 1.12 bits per heavy atom. The van der Waals surface area contributed by atoms with Gasteiger partial charge in [-0.25, -0.2) is 0 Å². The van der Waals surface area contributed by atoms with Crippen LogP contribution in [0.15, 0.2) is 34.1 Å². The molecule has 2 aromatic heterocycles. The van der Waals surface area contributed by atoms with Crippen LogP contribution in [0.25, 0.3) is 0 Å². The van der Waals surface area contributed by atoms with E-state index in [1.807, 2.05) is 12.1 Å². The second-order valence-electron chi connectivity index (χ2n) is 7.04. The molecule has 0 amide bonds. The molecule has 1 unspecified atom stereocenters. The van der Waals surface area contributed by atoms with Gasteiger partial charge in [-0.1, -0.05) is 39.7 Å². The fourth-order valence-electron chi connectivity index (χ4n) is 3.34. The standard InChI is InChI=1S/C21H33NO2S/c1-5-12-21(23,13-6-2)20-11-10-18(24-20)15-22(17(4)7-3)16-19-9-8-14-25-19/h8-11,14,17,23H,5-7,12-13,15-16H2,1-4H3. The molecule has 1 atom stereocenters. The molecule has 0 bridgehead atoms. The van der Waals surface area contributed by atoms with E-state index in [-0.39, 0.29) is 0 Å². The van der Waals surface area contributed by atoms with Crippen LogP contribution in [-0.4, -0.2) is 16.0 Å². The minimum atomic E-state index is -0.823. The van der Waals surface area contributed by atoms with Crippen LogP contribution in [0.4, 0.5) is 0 Å². The van der Waals surface area contributed by atoms with Gasteiger partial charge in [0.05, 0.1) is 6.54 Å². The first kappa shape index (κ1) is 20.2. The van der Waals surface area contributed by atoms with E-state index >= 15 is 0 Å². The third-order valence-electron chi connectivity index (χ3n) is 4.96. The summed E-state index contributed by atoms with van der Waals surface area (Å²) < 4.78 is 6.11. The van der Waals surface area contributed by atoms with Crippen molar-refractivity contribution in [1.82, 2.24) is 4.90 Å². The van der Waals surface area contributed by atoms with E-state index in [2.05, 4.69) is 50.1 Å². The second-order valence-corrected chi connectivity index (χ2v) is 8.07. The van der Waals surface area contributed by atoms with Crippen molar-refractivity contribution in [3.8, 4) is 0 Å². The quantitative estimate of drug-likeness (QED) is 0.537. The SMILES string of the molecule is CCCC(O)(CCC)c1ccc(CN(Cc2cccs2)C(C)CC)o1. The highest BCUT2D eigenvalue weighted by molar-refractivity contribution is 7.09. The van der Waals surface area contributed by atoms with E-state index < -0.39 is 5.60 Å². The summed E-state index contributed by atoms with van der Waals surface area (Å²) in [5.41, 5.74) is -0.823. The lowest BCUT2D eigenvalue weighted by molar-refractivity contribution is -0.00543. The van der Waals surface area contributed by atoms with Crippen LogP contribution in [-0.2, 0) is 18.7 Å². The molecule has 0 aliphatic carbocycles. The molecule has 140 valence electrons. The highest BCUT2D eigenvalue weighted by atomic mass is 32.1. The van der Waals surface area contributed by atoms with Crippen LogP contribution < -0.4 is 0 Å². The zero-order valence-electron chi connectivity index (χ0n) is 16.1. The Labute approximate surface area is 156 Å². The fourth-order valence-corrected chi connectivity index (χ4v) is 4.07. The van der Waals surface area contributed by atoms with Crippen molar-refractivity contribution in [2.45, 2.75) is 84.5 Å². The molecule has 3 nitrogen and oxygen atoms in total. The third-order valence-corrected chi connectivity index (χ3v) is 5.82. The molecule has 25 heavy (non-hydrogen) atoms. The summed E-state index contributed by atoms with van der Waals surface area (Å²) >= 11 is 1.80. The van der Waals surface area contributed by atoms with Gasteiger partial charge < -0.3 is 9.52 Å². The van der Waals surface area contributed by atoms with E-state index in [9.17, 15) is 5.11 Å². The minimum absolute atomic E-state index is 0.487. The van der Waals surface area contributed by atoms with Crippen molar-refractivity contribution < 1.29 is 9.52 Å². The highest BCUT2D eigenvalue weighted by Crippen LogP contribution is 2.33. The first-order valence-corrected chi connectivity index (χ1v) is 10.5. The first-order valence-electron chi connectivity index (χ1n) is 9.60. The zero-order chi connectivity index (χ0) is 18.3. The summed E-state index contributed by atoms with van der Waals surface area (Å²) in [4.78, 5) is 3.83. The van der Waals surface area contributed by atoms with Gasteiger partial charge in [-0.2, -0.15) is 0 Å². The largest absolute Gasteiger partial charge is 0.462 e. The van der Waals surface area contributed by atoms with E-state index in [1.54, 1.807) is 11.3 Å². The fraction of sp³-hybridized carbons (Fsp3) is 0.619. The molecule has 0 radical (unpaired) electrons. The summed E-state index contributed by atoms with van der Waals surface area (Å²) in [5, 5.41) is 13.1.